The van der Waals surface area contributed by atoms with E-state index in [0.717, 1.165) is 11.3 Å². The molecular formula is C10H15N3O. The Morgan fingerprint density at radius 2 is 1.71 bits per heavy atom. The highest BCUT2D eigenvalue weighted by Crippen LogP contribution is 2.13. The smallest absolute Gasteiger partial charge is 0.0639 e. The van der Waals surface area contributed by atoms with Crippen molar-refractivity contribution < 1.29 is 0 Å². The Balaban J connectivity index is 2.68. The molecule has 0 bridgehead atoms. The molecule has 4 heteroatoms. The summed E-state index contributed by atoms with van der Waals surface area (Å²) in [6.07, 6.45) is 0. The predicted octanol–water partition coefficient (Wildman–Crippen LogP) is 1.87. The number of benzene rings is 1. The van der Waals surface area contributed by atoms with Crippen molar-refractivity contribution in [2.24, 2.45) is 5.29 Å². The number of anilines is 1. The van der Waals surface area contributed by atoms with Gasteiger partial charge >= 0.3 is 0 Å². The Morgan fingerprint density at radius 1 is 1.14 bits per heavy atom. The first-order valence-electron chi connectivity index (χ1n) is 4.44. The van der Waals surface area contributed by atoms with Gasteiger partial charge in [0.05, 0.1) is 11.8 Å². The van der Waals surface area contributed by atoms with E-state index in [0.29, 0.717) is 6.54 Å². The van der Waals surface area contributed by atoms with E-state index in [1.165, 1.54) is 5.01 Å². The molecule has 0 saturated heterocycles. The summed E-state index contributed by atoms with van der Waals surface area (Å²) in [5.74, 6) is 0. The summed E-state index contributed by atoms with van der Waals surface area (Å²) in [5.41, 5.74) is 2.23. The molecule has 1 rings (SSSR count). The van der Waals surface area contributed by atoms with Crippen LogP contribution in [-0.2, 0) is 6.54 Å². The molecule has 0 atom stereocenters. The third-order valence-corrected chi connectivity index (χ3v) is 2.00. The zero-order valence-electron chi connectivity index (χ0n) is 8.77. The minimum Gasteiger partial charge on any atom is -0.378 e. The summed E-state index contributed by atoms with van der Waals surface area (Å²) in [4.78, 5) is 12.2. The highest BCUT2D eigenvalue weighted by molar-refractivity contribution is 5.45. The van der Waals surface area contributed by atoms with Gasteiger partial charge in [-0.05, 0) is 17.7 Å². The molecule has 0 N–H and O–H groups in total. The van der Waals surface area contributed by atoms with Crippen LogP contribution in [0, 0.1) is 4.91 Å². The van der Waals surface area contributed by atoms with Crippen LogP contribution >= 0.6 is 0 Å². The Kier molecular flexibility index (Phi) is 3.45. The van der Waals surface area contributed by atoms with Crippen molar-refractivity contribution in [1.82, 2.24) is 5.01 Å². The molecule has 1 aromatic rings. The first-order chi connectivity index (χ1) is 6.63. The first kappa shape index (κ1) is 10.5. The van der Waals surface area contributed by atoms with Crippen LogP contribution in [-0.4, -0.2) is 26.2 Å². The Labute approximate surface area is 84.1 Å². The molecule has 0 aliphatic rings. The molecule has 0 unspecified atom stereocenters. The molecule has 1 aromatic carbocycles. The first-order valence-corrected chi connectivity index (χ1v) is 4.44. The largest absolute Gasteiger partial charge is 0.378 e. The van der Waals surface area contributed by atoms with E-state index in [4.69, 9.17) is 0 Å². The lowest BCUT2D eigenvalue weighted by Gasteiger charge is -2.13. The van der Waals surface area contributed by atoms with Gasteiger partial charge in [0.15, 0.2) is 0 Å². The summed E-state index contributed by atoms with van der Waals surface area (Å²) < 4.78 is 0. The Bertz CT molecular complexity index is 295. The lowest BCUT2D eigenvalue weighted by molar-refractivity contribution is 0.342. The molecule has 76 valence electrons. The van der Waals surface area contributed by atoms with Crippen molar-refractivity contribution in [3.63, 3.8) is 0 Å². The Morgan fingerprint density at radius 3 is 2.14 bits per heavy atom. The summed E-state index contributed by atoms with van der Waals surface area (Å²) in [6.45, 7) is 0.553. The standard InChI is InChI=1S/C10H15N3O/c1-12(2)10-6-4-9(5-7-10)8-13(3)11-14/h4-7H,8H2,1-3H3. The van der Waals surface area contributed by atoms with E-state index in [-0.39, 0.29) is 0 Å². The molecule has 0 aliphatic heterocycles. The van der Waals surface area contributed by atoms with Crippen LogP contribution in [0.1, 0.15) is 5.56 Å². The number of hydrogen-bond donors (Lipinski definition) is 0. The molecule has 4 nitrogen and oxygen atoms in total. The van der Waals surface area contributed by atoms with E-state index >= 15 is 0 Å². The summed E-state index contributed by atoms with van der Waals surface area (Å²) >= 11 is 0. The zero-order valence-corrected chi connectivity index (χ0v) is 8.77. The zero-order chi connectivity index (χ0) is 10.6. The minimum atomic E-state index is 0.553. The van der Waals surface area contributed by atoms with E-state index < -0.39 is 0 Å². The molecule has 0 aromatic heterocycles. The maximum atomic E-state index is 10.2. The van der Waals surface area contributed by atoms with Crippen LogP contribution in [0.4, 0.5) is 5.69 Å². The fraction of sp³-hybridized carbons (Fsp3) is 0.400. The van der Waals surface area contributed by atoms with Crippen molar-refractivity contribution in [2.75, 3.05) is 26.0 Å². The average molecular weight is 193 g/mol. The quantitative estimate of drug-likeness (QED) is 0.541. The molecule has 0 spiro atoms. The predicted molar refractivity (Wildman–Crippen MR) is 58.0 cm³/mol. The van der Waals surface area contributed by atoms with Gasteiger partial charge in [0.25, 0.3) is 0 Å². The summed E-state index contributed by atoms with van der Waals surface area (Å²) in [5, 5.41) is 4.18. The molecule has 0 amide bonds. The number of hydrogen-bond acceptors (Lipinski definition) is 3. The van der Waals surface area contributed by atoms with Crippen molar-refractivity contribution in [1.29, 1.82) is 0 Å². The van der Waals surface area contributed by atoms with Crippen molar-refractivity contribution in [3.05, 3.63) is 34.7 Å². The maximum absolute atomic E-state index is 10.2. The van der Waals surface area contributed by atoms with Crippen molar-refractivity contribution >= 4 is 5.69 Å². The minimum absolute atomic E-state index is 0.553. The van der Waals surface area contributed by atoms with Crippen LogP contribution in [0.5, 0.6) is 0 Å². The number of rotatable bonds is 4. The lowest BCUT2D eigenvalue weighted by Crippen LogP contribution is -2.10. The van der Waals surface area contributed by atoms with Gasteiger partial charge in [-0.3, -0.25) is 5.01 Å². The van der Waals surface area contributed by atoms with Gasteiger partial charge in [0.2, 0.25) is 0 Å². The van der Waals surface area contributed by atoms with Crippen LogP contribution in [0.2, 0.25) is 0 Å². The van der Waals surface area contributed by atoms with Crippen LogP contribution < -0.4 is 4.90 Å². The van der Waals surface area contributed by atoms with E-state index in [1.807, 2.05) is 43.3 Å². The van der Waals surface area contributed by atoms with E-state index in [1.54, 1.807) is 7.05 Å². The van der Waals surface area contributed by atoms with Gasteiger partial charge in [0, 0.05) is 26.8 Å². The molecule has 14 heavy (non-hydrogen) atoms. The Hall–Kier alpha value is -1.58. The fourth-order valence-electron chi connectivity index (χ4n) is 1.19. The van der Waals surface area contributed by atoms with Gasteiger partial charge < -0.3 is 4.90 Å². The van der Waals surface area contributed by atoms with E-state index in [9.17, 15) is 4.91 Å². The summed E-state index contributed by atoms with van der Waals surface area (Å²) in [7, 11) is 5.65. The normalized spacial score (nSPS) is 9.64. The third kappa shape index (κ3) is 2.73. The second-order valence-corrected chi connectivity index (χ2v) is 3.46. The van der Waals surface area contributed by atoms with Crippen LogP contribution in [0.15, 0.2) is 29.6 Å². The van der Waals surface area contributed by atoms with Gasteiger partial charge in [-0.15, -0.1) is 4.91 Å². The van der Waals surface area contributed by atoms with Gasteiger partial charge in [-0.2, -0.15) is 0 Å². The van der Waals surface area contributed by atoms with Crippen molar-refractivity contribution in [2.45, 2.75) is 6.54 Å². The molecule has 0 fully saturated rings. The lowest BCUT2D eigenvalue weighted by atomic mass is 10.2. The number of nitrogens with zero attached hydrogens (tertiary/aromatic N) is 3. The van der Waals surface area contributed by atoms with Gasteiger partial charge in [0.1, 0.15) is 0 Å². The molecular weight excluding hydrogens is 178 g/mol. The van der Waals surface area contributed by atoms with Crippen molar-refractivity contribution in [3.8, 4) is 0 Å². The molecule has 0 aliphatic carbocycles. The number of nitroso groups, excluding NO2 is 1. The highest BCUT2D eigenvalue weighted by Gasteiger charge is 1.99. The SMILES string of the molecule is CN(Cc1ccc(N(C)C)cc1)N=O. The highest BCUT2D eigenvalue weighted by atomic mass is 16.3. The van der Waals surface area contributed by atoms with Gasteiger partial charge in [-0.25, -0.2) is 0 Å². The second kappa shape index (κ2) is 4.60. The second-order valence-electron chi connectivity index (χ2n) is 3.46. The third-order valence-electron chi connectivity index (χ3n) is 2.00. The topological polar surface area (TPSA) is 35.9 Å². The van der Waals surface area contributed by atoms with Crippen LogP contribution in [0.3, 0.4) is 0 Å². The monoisotopic (exact) mass is 193 g/mol. The molecule has 0 heterocycles. The summed E-state index contributed by atoms with van der Waals surface area (Å²) in [6, 6.07) is 8.04. The molecule has 0 saturated carbocycles. The molecule has 0 radical (unpaired) electrons. The van der Waals surface area contributed by atoms with E-state index in [2.05, 4.69) is 5.29 Å². The fourth-order valence-corrected chi connectivity index (χ4v) is 1.19. The van der Waals surface area contributed by atoms with Crippen LogP contribution in [0.25, 0.3) is 0 Å². The average Bonchev–Trinajstić information content (AvgIpc) is 2.18. The maximum Gasteiger partial charge on any atom is 0.0639 e. The van der Waals surface area contributed by atoms with Gasteiger partial charge in [-0.1, -0.05) is 12.1 Å².